The third-order valence-corrected chi connectivity index (χ3v) is 5.61. The van der Waals surface area contributed by atoms with Crippen LogP contribution in [0.2, 0.25) is 0 Å². The summed E-state index contributed by atoms with van der Waals surface area (Å²) in [5.74, 6) is -0.509. The molecule has 5 heteroatoms. The SMILES string of the molecule is C=C(CCC)C(O)CC=C[C@H]1CCC(=O)[C@@H]1CCCCCCC(=O)C(=O)OCC. The van der Waals surface area contributed by atoms with Crippen LogP contribution in [0.25, 0.3) is 0 Å². The molecule has 1 fully saturated rings. The Morgan fingerprint density at radius 2 is 1.93 bits per heavy atom. The van der Waals surface area contributed by atoms with Crippen LogP contribution in [0.5, 0.6) is 0 Å². The first-order valence-electron chi connectivity index (χ1n) is 11.2. The predicted molar refractivity (Wildman–Crippen MR) is 114 cm³/mol. The molecule has 1 aliphatic rings. The number of hydrogen-bond donors (Lipinski definition) is 1. The maximum atomic E-state index is 12.2. The molecule has 164 valence electrons. The Morgan fingerprint density at radius 1 is 1.21 bits per heavy atom. The van der Waals surface area contributed by atoms with Gasteiger partial charge in [-0.2, -0.15) is 0 Å². The van der Waals surface area contributed by atoms with E-state index in [1.54, 1.807) is 6.92 Å². The van der Waals surface area contributed by atoms with Gasteiger partial charge in [0.15, 0.2) is 0 Å². The van der Waals surface area contributed by atoms with Gasteiger partial charge in [-0.25, -0.2) is 4.79 Å². The highest BCUT2D eigenvalue weighted by Crippen LogP contribution is 2.34. The lowest BCUT2D eigenvalue weighted by molar-refractivity contribution is -0.153. The highest BCUT2D eigenvalue weighted by atomic mass is 16.5. The normalized spacial score (nSPS) is 20.2. The molecule has 0 aliphatic heterocycles. The summed E-state index contributed by atoms with van der Waals surface area (Å²) >= 11 is 0. The van der Waals surface area contributed by atoms with E-state index in [4.69, 9.17) is 4.74 Å². The summed E-state index contributed by atoms with van der Waals surface area (Å²) in [4.78, 5) is 35.0. The number of hydrogen-bond acceptors (Lipinski definition) is 5. The largest absolute Gasteiger partial charge is 0.460 e. The molecule has 0 bridgehead atoms. The van der Waals surface area contributed by atoms with Crippen LogP contribution in [-0.4, -0.2) is 35.4 Å². The van der Waals surface area contributed by atoms with Crippen LogP contribution in [0.1, 0.15) is 84.5 Å². The first kappa shape index (κ1) is 25.3. The van der Waals surface area contributed by atoms with Gasteiger partial charge < -0.3 is 9.84 Å². The van der Waals surface area contributed by atoms with Crippen LogP contribution < -0.4 is 0 Å². The highest BCUT2D eigenvalue weighted by molar-refractivity contribution is 6.33. The number of ether oxygens (including phenoxy) is 1. The lowest BCUT2D eigenvalue weighted by Crippen LogP contribution is -2.16. The van der Waals surface area contributed by atoms with Gasteiger partial charge >= 0.3 is 5.97 Å². The average Bonchev–Trinajstić information content (AvgIpc) is 3.04. The van der Waals surface area contributed by atoms with Gasteiger partial charge in [0.2, 0.25) is 5.78 Å². The summed E-state index contributed by atoms with van der Waals surface area (Å²) in [6.45, 7) is 7.91. The summed E-state index contributed by atoms with van der Waals surface area (Å²) in [7, 11) is 0. The van der Waals surface area contributed by atoms with Crippen molar-refractivity contribution in [3.63, 3.8) is 0 Å². The fourth-order valence-electron chi connectivity index (χ4n) is 3.89. The van der Waals surface area contributed by atoms with Crippen LogP contribution in [0, 0.1) is 11.8 Å². The fraction of sp³-hybridized carbons (Fsp3) is 0.708. The Bertz CT molecular complexity index is 578. The Kier molecular flexibility index (Phi) is 12.4. The topological polar surface area (TPSA) is 80.7 Å². The van der Waals surface area contributed by atoms with Crippen molar-refractivity contribution in [3.8, 4) is 0 Å². The number of esters is 1. The van der Waals surface area contributed by atoms with Crippen LogP contribution in [0.4, 0.5) is 0 Å². The van der Waals surface area contributed by atoms with E-state index < -0.39 is 17.9 Å². The van der Waals surface area contributed by atoms with E-state index >= 15 is 0 Å². The molecule has 3 atom stereocenters. The molecule has 0 radical (unpaired) electrons. The molecule has 1 rings (SSSR count). The molecule has 0 spiro atoms. The van der Waals surface area contributed by atoms with Gasteiger partial charge in [0.1, 0.15) is 5.78 Å². The first-order chi connectivity index (χ1) is 13.9. The molecular formula is C24H38O5. The van der Waals surface area contributed by atoms with Crippen molar-refractivity contribution in [2.75, 3.05) is 6.61 Å². The zero-order chi connectivity index (χ0) is 21.6. The maximum absolute atomic E-state index is 12.2. The molecule has 1 unspecified atom stereocenters. The Labute approximate surface area is 175 Å². The van der Waals surface area contributed by atoms with E-state index in [1.165, 1.54) is 0 Å². The number of allylic oxidation sites excluding steroid dienone is 1. The van der Waals surface area contributed by atoms with E-state index in [0.717, 1.165) is 50.5 Å². The fourth-order valence-corrected chi connectivity index (χ4v) is 3.89. The monoisotopic (exact) mass is 406 g/mol. The molecule has 5 nitrogen and oxygen atoms in total. The van der Waals surface area contributed by atoms with Gasteiger partial charge in [0.25, 0.3) is 0 Å². The van der Waals surface area contributed by atoms with Gasteiger partial charge in [0, 0.05) is 18.8 Å². The van der Waals surface area contributed by atoms with E-state index in [2.05, 4.69) is 19.6 Å². The number of Topliss-reactive ketones (excluding diaryl/α,β-unsaturated/α-hetero) is 2. The molecule has 0 aromatic rings. The zero-order valence-electron chi connectivity index (χ0n) is 18.2. The number of aliphatic hydroxyl groups excluding tert-OH is 1. The van der Waals surface area contributed by atoms with Crippen molar-refractivity contribution in [1.82, 2.24) is 0 Å². The number of rotatable bonds is 15. The molecule has 0 saturated heterocycles. The zero-order valence-corrected chi connectivity index (χ0v) is 18.2. The first-order valence-corrected chi connectivity index (χ1v) is 11.2. The summed E-state index contributed by atoms with van der Waals surface area (Å²) in [5, 5.41) is 10.1. The Hall–Kier alpha value is -1.75. The lowest BCUT2D eigenvalue weighted by Gasteiger charge is -2.15. The van der Waals surface area contributed by atoms with Gasteiger partial charge in [-0.15, -0.1) is 0 Å². The minimum absolute atomic E-state index is 0.0726. The second kappa shape index (κ2) is 14.3. The summed E-state index contributed by atoms with van der Waals surface area (Å²) < 4.78 is 4.69. The van der Waals surface area contributed by atoms with Crippen LogP contribution >= 0.6 is 0 Å². The molecule has 0 aromatic carbocycles. The van der Waals surface area contributed by atoms with E-state index in [9.17, 15) is 19.5 Å². The lowest BCUT2D eigenvalue weighted by atomic mass is 9.89. The van der Waals surface area contributed by atoms with Crippen molar-refractivity contribution in [2.45, 2.75) is 90.6 Å². The molecule has 0 amide bonds. The molecule has 1 aliphatic carbocycles. The predicted octanol–water partition coefficient (Wildman–Crippen LogP) is 4.72. The van der Waals surface area contributed by atoms with Gasteiger partial charge in [-0.05, 0) is 50.5 Å². The van der Waals surface area contributed by atoms with Crippen molar-refractivity contribution in [2.24, 2.45) is 11.8 Å². The number of unbranched alkanes of at least 4 members (excludes halogenated alkanes) is 3. The van der Waals surface area contributed by atoms with Gasteiger partial charge in [0.05, 0.1) is 12.7 Å². The second-order valence-electron chi connectivity index (χ2n) is 7.96. The quantitative estimate of drug-likeness (QED) is 0.184. The summed E-state index contributed by atoms with van der Waals surface area (Å²) in [5.41, 5.74) is 0.873. The van der Waals surface area contributed by atoms with Crippen LogP contribution in [0.15, 0.2) is 24.3 Å². The third kappa shape index (κ3) is 9.53. The number of aliphatic hydroxyl groups is 1. The molecule has 0 heterocycles. The van der Waals surface area contributed by atoms with E-state index in [1.807, 2.05) is 6.08 Å². The van der Waals surface area contributed by atoms with Crippen molar-refractivity contribution >= 4 is 17.5 Å². The van der Waals surface area contributed by atoms with Crippen LogP contribution in [-0.2, 0) is 19.1 Å². The second-order valence-corrected chi connectivity index (χ2v) is 7.96. The molecule has 1 saturated carbocycles. The minimum Gasteiger partial charge on any atom is -0.460 e. The van der Waals surface area contributed by atoms with Crippen molar-refractivity contribution < 1.29 is 24.2 Å². The number of carbonyl (C=O) groups excluding carboxylic acids is 3. The summed E-state index contributed by atoms with van der Waals surface area (Å²) in [6, 6.07) is 0. The Balaban J connectivity index is 2.28. The summed E-state index contributed by atoms with van der Waals surface area (Å²) in [6.07, 6.45) is 12.1. The third-order valence-electron chi connectivity index (χ3n) is 5.61. The van der Waals surface area contributed by atoms with E-state index in [0.29, 0.717) is 25.0 Å². The van der Waals surface area contributed by atoms with Crippen molar-refractivity contribution in [1.29, 1.82) is 0 Å². The molecule has 1 N–H and O–H groups in total. The standard InChI is InChI=1S/C24H38O5/c1-4-11-18(3)21(25)15-10-12-19-16-17-22(26)20(19)13-8-6-7-9-14-23(27)24(28)29-5-2/h10,12,19-21,25H,3-9,11,13-17H2,1-2H3/t19-,20+,21?/m0/s1. The average molecular weight is 407 g/mol. The number of ketones is 2. The molecule has 0 aromatic heterocycles. The maximum Gasteiger partial charge on any atom is 0.374 e. The Morgan fingerprint density at radius 3 is 2.62 bits per heavy atom. The highest BCUT2D eigenvalue weighted by Gasteiger charge is 2.32. The smallest absolute Gasteiger partial charge is 0.374 e. The van der Waals surface area contributed by atoms with Crippen LogP contribution in [0.3, 0.4) is 0 Å². The van der Waals surface area contributed by atoms with Gasteiger partial charge in [-0.3, -0.25) is 9.59 Å². The van der Waals surface area contributed by atoms with Crippen molar-refractivity contribution in [3.05, 3.63) is 24.3 Å². The molecular weight excluding hydrogens is 368 g/mol. The van der Waals surface area contributed by atoms with E-state index in [-0.39, 0.29) is 24.9 Å². The van der Waals surface area contributed by atoms with Gasteiger partial charge in [-0.1, -0.05) is 51.3 Å². The number of carbonyl (C=O) groups is 3. The molecule has 29 heavy (non-hydrogen) atoms. The minimum atomic E-state index is -0.734.